The number of ether oxygens (including phenoxy) is 2. The molecule has 0 aliphatic carbocycles. The van der Waals surface area contributed by atoms with Gasteiger partial charge in [-0.2, -0.15) is 0 Å². The van der Waals surface area contributed by atoms with Crippen LogP contribution in [0.1, 0.15) is 34.7 Å². The maximum atomic E-state index is 12.8. The van der Waals surface area contributed by atoms with Crippen molar-refractivity contribution in [1.82, 2.24) is 14.9 Å². The minimum absolute atomic E-state index is 0.181. The van der Waals surface area contributed by atoms with E-state index in [0.29, 0.717) is 22.9 Å². The van der Waals surface area contributed by atoms with Crippen molar-refractivity contribution in [1.29, 1.82) is 0 Å². The average Bonchev–Trinajstić information content (AvgIpc) is 3.16. The number of rotatable bonds is 7. The highest BCUT2D eigenvalue weighted by atomic mass is 35.5. The van der Waals surface area contributed by atoms with E-state index in [9.17, 15) is 4.79 Å². The topological polar surface area (TPSA) is 65.4 Å². The minimum atomic E-state index is -0.331. The van der Waals surface area contributed by atoms with Crippen LogP contribution in [-0.4, -0.2) is 29.7 Å². The Labute approximate surface area is 191 Å². The number of amides is 1. The largest absolute Gasteiger partial charge is 0.497 e. The molecule has 1 aromatic heterocycles. The maximum absolute atomic E-state index is 12.8. The maximum Gasteiger partial charge on any atom is 0.251 e. The summed E-state index contributed by atoms with van der Waals surface area (Å²) in [4.78, 5) is 17.7. The summed E-state index contributed by atoms with van der Waals surface area (Å²) in [7, 11) is 3.23. The zero-order chi connectivity index (χ0) is 22.7. The van der Waals surface area contributed by atoms with Crippen molar-refractivity contribution in [2.45, 2.75) is 19.5 Å². The molecule has 0 bridgehead atoms. The van der Waals surface area contributed by atoms with E-state index in [1.54, 1.807) is 38.5 Å². The Morgan fingerprint density at radius 2 is 1.75 bits per heavy atom. The molecule has 6 nitrogen and oxygen atoms in total. The number of hydrogen-bond donors (Lipinski definition) is 1. The summed E-state index contributed by atoms with van der Waals surface area (Å²) in [5.41, 5.74) is 3.34. The van der Waals surface area contributed by atoms with Gasteiger partial charge in [-0.25, -0.2) is 4.98 Å². The summed E-state index contributed by atoms with van der Waals surface area (Å²) in [5.74, 6) is 2.01. The Bertz CT molecular complexity index is 1250. The lowest BCUT2D eigenvalue weighted by Gasteiger charge is -2.17. The van der Waals surface area contributed by atoms with Crippen molar-refractivity contribution in [3.63, 3.8) is 0 Å². The molecule has 0 fully saturated rings. The Balaban J connectivity index is 1.68. The van der Waals surface area contributed by atoms with Crippen LogP contribution in [0.25, 0.3) is 11.0 Å². The zero-order valence-electron chi connectivity index (χ0n) is 18.1. The summed E-state index contributed by atoms with van der Waals surface area (Å²) >= 11 is 6.20. The molecule has 7 heteroatoms. The van der Waals surface area contributed by atoms with Crippen molar-refractivity contribution in [2.75, 3.05) is 14.2 Å². The van der Waals surface area contributed by atoms with Gasteiger partial charge in [-0.3, -0.25) is 4.79 Å². The molecule has 1 N–H and O–H groups in total. The third-order valence-electron chi connectivity index (χ3n) is 5.30. The Kier molecular flexibility index (Phi) is 6.32. The fourth-order valence-electron chi connectivity index (χ4n) is 3.65. The Morgan fingerprint density at radius 1 is 1.03 bits per heavy atom. The van der Waals surface area contributed by atoms with Crippen LogP contribution in [0.15, 0.2) is 66.7 Å². The monoisotopic (exact) mass is 449 g/mol. The van der Waals surface area contributed by atoms with E-state index >= 15 is 0 Å². The van der Waals surface area contributed by atoms with E-state index in [-0.39, 0.29) is 11.9 Å². The van der Waals surface area contributed by atoms with E-state index in [1.807, 2.05) is 49.4 Å². The van der Waals surface area contributed by atoms with Crippen LogP contribution in [0.4, 0.5) is 0 Å². The molecular weight excluding hydrogens is 426 g/mol. The molecule has 0 spiro atoms. The lowest BCUT2D eigenvalue weighted by atomic mass is 10.2. The molecule has 32 heavy (non-hydrogen) atoms. The molecule has 1 unspecified atom stereocenters. The van der Waals surface area contributed by atoms with Gasteiger partial charge < -0.3 is 19.4 Å². The normalized spacial score (nSPS) is 11.9. The molecule has 0 radical (unpaired) electrons. The first kappa shape index (κ1) is 21.7. The van der Waals surface area contributed by atoms with Gasteiger partial charge in [0.15, 0.2) is 0 Å². The quantitative estimate of drug-likeness (QED) is 0.418. The third-order valence-corrected chi connectivity index (χ3v) is 5.54. The molecule has 0 aliphatic rings. The Morgan fingerprint density at radius 3 is 2.44 bits per heavy atom. The minimum Gasteiger partial charge on any atom is -0.497 e. The molecule has 1 heterocycles. The number of halogens is 1. The number of hydrogen-bond acceptors (Lipinski definition) is 4. The fraction of sp³-hybridized carbons (Fsp3) is 0.200. The number of aromatic nitrogens is 2. The average molecular weight is 450 g/mol. The van der Waals surface area contributed by atoms with Crippen molar-refractivity contribution in [3.8, 4) is 11.5 Å². The standard InChI is InChI=1S/C25H24ClN3O3/c1-16(27-25(30)18-7-9-20(31-2)10-8-18)24-28-22-12-11-21(32-3)14-23(22)29(24)15-17-5-4-6-19(26)13-17/h4-14,16H,15H2,1-3H3,(H,27,30). The van der Waals surface area contributed by atoms with Crippen LogP contribution in [0.2, 0.25) is 5.02 Å². The van der Waals surface area contributed by atoms with E-state index in [2.05, 4.69) is 9.88 Å². The number of nitrogens with zero attached hydrogens (tertiary/aromatic N) is 2. The van der Waals surface area contributed by atoms with Crippen LogP contribution in [0, 0.1) is 0 Å². The highest BCUT2D eigenvalue weighted by Crippen LogP contribution is 2.27. The molecule has 1 amide bonds. The smallest absolute Gasteiger partial charge is 0.251 e. The van der Waals surface area contributed by atoms with E-state index < -0.39 is 0 Å². The number of imidazole rings is 1. The number of carbonyl (C=O) groups excluding carboxylic acids is 1. The lowest BCUT2D eigenvalue weighted by Crippen LogP contribution is -2.28. The molecule has 0 aliphatic heterocycles. The first-order chi connectivity index (χ1) is 15.5. The van der Waals surface area contributed by atoms with E-state index in [4.69, 9.17) is 26.1 Å². The SMILES string of the molecule is COc1ccc(C(=O)NC(C)c2nc3ccc(OC)cc3n2Cc2cccc(Cl)c2)cc1. The van der Waals surface area contributed by atoms with Crippen LogP contribution in [0.3, 0.4) is 0 Å². The van der Waals surface area contributed by atoms with Crippen LogP contribution < -0.4 is 14.8 Å². The second-order valence-corrected chi connectivity index (χ2v) is 7.90. The van der Waals surface area contributed by atoms with Gasteiger partial charge in [-0.1, -0.05) is 23.7 Å². The van der Waals surface area contributed by atoms with Crippen LogP contribution in [0.5, 0.6) is 11.5 Å². The van der Waals surface area contributed by atoms with Gasteiger partial charge in [-0.15, -0.1) is 0 Å². The number of methoxy groups -OCH3 is 2. The van der Waals surface area contributed by atoms with Gasteiger partial charge in [0, 0.05) is 23.2 Å². The summed E-state index contributed by atoms with van der Waals surface area (Å²) in [6, 6.07) is 20.1. The summed E-state index contributed by atoms with van der Waals surface area (Å²) in [6.07, 6.45) is 0. The molecule has 4 rings (SSSR count). The Hall–Kier alpha value is -3.51. The molecule has 3 aromatic carbocycles. The number of benzene rings is 3. The number of nitrogens with one attached hydrogen (secondary N) is 1. The summed E-state index contributed by atoms with van der Waals surface area (Å²) in [5, 5.41) is 3.73. The zero-order valence-corrected chi connectivity index (χ0v) is 18.9. The number of fused-ring (bicyclic) bond motifs is 1. The first-order valence-corrected chi connectivity index (χ1v) is 10.6. The molecule has 4 aromatic rings. The third kappa shape index (κ3) is 4.55. The molecule has 164 valence electrons. The lowest BCUT2D eigenvalue weighted by molar-refractivity contribution is 0.0937. The molecule has 0 saturated carbocycles. The van der Waals surface area contributed by atoms with Crippen LogP contribution >= 0.6 is 11.6 Å². The second kappa shape index (κ2) is 9.32. The first-order valence-electron chi connectivity index (χ1n) is 10.2. The van der Waals surface area contributed by atoms with Gasteiger partial charge in [0.1, 0.15) is 17.3 Å². The predicted molar refractivity (Wildman–Crippen MR) is 126 cm³/mol. The van der Waals surface area contributed by atoms with Crippen molar-refractivity contribution in [3.05, 3.63) is 88.7 Å². The van der Waals surface area contributed by atoms with Gasteiger partial charge in [0.05, 0.1) is 31.3 Å². The highest BCUT2D eigenvalue weighted by molar-refractivity contribution is 6.30. The summed E-state index contributed by atoms with van der Waals surface area (Å²) < 4.78 is 12.7. The highest BCUT2D eigenvalue weighted by Gasteiger charge is 2.20. The molecule has 0 saturated heterocycles. The van der Waals surface area contributed by atoms with E-state index in [0.717, 1.165) is 28.2 Å². The van der Waals surface area contributed by atoms with E-state index in [1.165, 1.54) is 0 Å². The van der Waals surface area contributed by atoms with Crippen molar-refractivity contribution >= 4 is 28.5 Å². The number of carbonyl (C=O) groups is 1. The van der Waals surface area contributed by atoms with Crippen molar-refractivity contribution < 1.29 is 14.3 Å². The van der Waals surface area contributed by atoms with Crippen molar-refractivity contribution in [2.24, 2.45) is 0 Å². The van der Waals surface area contributed by atoms with Gasteiger partial charge in [0.2, 0.25) is 0 Å². The van der Waals surface area contributed by atoms with Gasteiger partial charge >= 0.3 is 0 Å². The van der Waals surface area contributed by atoms with Crippen LogP contribution in [-0.2, 0) is 6.54 Å². The molecular formula is C25H24ClN3O3. The second-order valence-electron chi connectivity index (χ2n) is 7.46. The fourth-order valence-corrected chi connectivity index (χ4v) is 3.86. The predicted octanol–water partition coefficient (Wildman–Crippen LogP) is 5.25. The summed E-state index contributed by atoms with van der Waals surface area (Å²) in [6.45, 7) is 2.48. The molecule has 1 atom stereocenters. The van der Waals surface area contributed by atoms with Gasteiger partial charge in [-0.05, 0) is 61.0 Å². The van der Waals surface area contributed by atoms with Gasteiger partial charge in [0.25, 0.3) is 5.91 Å².